The normalized spacial score (nSPS) is 10.1. The third kappa shape index (κ3) is 3.59. The van der Waals surface area contributed by atoms with Crippen molar-refractivity contribution in [2.75, 3.05) is 6.54 Å². The zero-order valence-corrected chi connectivity index (χ0v) is 10.7. The number of aromatic carboxylic acids is 1. The van der Waals surface area contributed by atoms with E-state index in [0.29, 0.717) is 13.0 Å². The Morgan fingerprint density at radius 1 is 1.37 bits per heavy atom. The Labute approximate surface area is 113 Å². The number of rotatable bonds is 5. The first-order valence-electron chi connectivity index (χ1n) is 5.51. The minimum Gasteiger partial charge on any atom is -0.477 e. The van der Waals surface area contributed by atoms with E-state index in [1.165, 1.54) is 29.7 Å². The number of hydrogen-bond donors (Lipinski definition) is 2. The Balaban J connectivity index is 1.92. The molecule has 0 aliphatic heterocycles. The Hall–Kier alpha value is -2.28. The molecule has 6 nitrogen and oxygen atoms in total. The molecule has 0 unspecified atom stereocenters. The van der Waals surface area contributed by atoms with Gasteiger partial charge in [0.2, 0.25) is 0 Å². The molecule has 2 aromatic rings. The van der Waals surface area contributed by atoms with Crippen LogP contribution in [0.4, 0.5) is 0 Å². The number of amides is 1. The number of carbonyl (C=O) groups excluding carboxylic acids is 1. The Kier molecular flexibility index (Phi) is 4.19. The van der Waals surface area contributed by atoms with Gasteiger partial charge in [0.05, 0.1) is 11.2 Å². The number of nitrogens with zero attached hydrogens (tertiary/aromatic N) is 2. The highest BCUT2D eigenvalue weighted by Crippen LogP contribution is 2.03. The number of pyridine rings is 1. The standard InChI is InChI=1S/C12H11N3O3S/c16-11(14-4-2-9-6-19-7-15-9)8-1-3-13-10(5-8)12(17)18/h1,3,5-7H,2,4H2,(H,14,16)(H,17,18). The van der Waals surface area contributed by atoms with Crippen molar-refractivity contribution in [2.24, 2.45) is 0 Å². The van der Waals surface area contributed by atoms with E-state index in [1.54, 1.807) is 5.51 Å². The quantitative estimate of drug-likeness (QED) is 0.857. The first-order chi connectivity index (χ1) is 9.16. The Morgan fingerprint density at radius 3 is 2.89 bits per heavy atom. The lowest BCUT2D eigenvalue weighted by molar-refractivity contribution is 0.0690. The third-order valence-corrected chi connectivity index (χ3v) is 3.03. The Bertz CT molecular complexity index is 584. The molecule has 98 valence electrons. The first-order valence-corrected chi connectivity index (χ1v) is 6.45. The lowest BCUT2D eigenvalue weighted by Gasteiger charge is -2.04. The number of carboxylic acids is 1. The summed E-state index contributed by atoms with van der Waals surface area (Å²) in [4.78, 5) is 30.3. The molecule has 0 aliphatic rings. The van der Waals surface area contributed by atoms with E-state index in [2.05, 4.69) is 15.3 Å². The molecule has 0 aromatic carbocycles. The summed E-state index contributed by atoms with van der Waals surface area (Å²) in [6.45, 7) is 0.452. The molecule has 0 spiro atoms. The minimum atomic E-state index is -1.16. The zero-order chi connectivity index (χ0) is 13.7. The van der Waals surface area contributed by atoms with Crippen molar-refractivity contribution >= 4 is 23.2 Å². The van der Waals surface area contributed by atoms with E-state index in [4.69, 9.17) is 5.11 Å². The molecule has 0 atom stereocenters. The predicted molar refractivity (Wildman–Crippen MR) is 69.3 cm³/mol. The summed E-state index contributed by atoms with van der Waals surface area (Å²) in [5.74, 6) is -1.47. The summed E-state index contributed by atoms with van der Waals surface area (Å²) < 4.78 is 0. The van der Waals surface area contributed by atoms with Gasteiger partial charge in [0.25, 0.3) is 5.91 Å². The van der Waals surface area contributed by atoms with E-state index in [1.807, 2.05) is 5.38 Å². The molecule has 0 saturated carbocycles. The van der Waals surface area contributed by atoms with E-state index >= 15 is 0 Å². The molecular weight excluding hydrogens is 266 g/mol. The van der Waals surface area contributed by atoms with Crippen LogP contribution in [0.2, 0.25) is 0 Å². The fourth-order valence-corrected chi connectivity index (χ4v) is 2.05. The molecule has 2 heterocycles. The van der Waals surface area contributed by atoms with Gasteiger partial charge >= 0.3 is 5.97 Å². The van der Waals surface area contributed by atoms with Gasteiger partial charge in [-0.3, -0.25) is 4.79 Å². The largest absolute Gasteiger partial charge is 0.477 e. The Morgan fingerprint density at radius 2 is 2.21 bits per heavy atom. The molecule has 7 heteroatoms. The highest BCUT2D eigenvalue weighted by atomic mass is 32.1. The average Bonchev–Trinajstić information content (AvgIpc) is 2.92. The fourth-order valence-electron chi connectivity index (χ4n) is 1.46. The number of thiazole rings is 1. The number of hydrogen-bond acceptors (Lipinski definition) is 5. The monoisotopic (exact) mass is 277 g/mol. The number of carboxylic acid groups (broad SMARTS) is 1. The van der Waals surface area contributed by atoms with E-state index in [0.717, 1.165) is 5.69 Å². The smallest absolute Gasteiger partial charge is 0.354 e. The molecule has 0 aliphatic carbocycles. The maximum atomic E-state index is 11.8. The van der Waals surface area contributed by atoms with Crippen molar-refractivity contribution in [2.45, 2.75) is 6.42 Å². The lowest BCUT2D eigenvalue weighted by atomic mass is 10.2. The van der Waals surface area contributed by atoms with Gasteiger partial charge in [0.15, 0.2) is 0 Å². The second-order valence-corrected chi connectivity index (χ2v) is 4.44. The molecule has 19 heavy (non-hydrogen) atoms. The maximum absolute atomic E-state index is 11.8. The molecule has 0 radical (unpaired) electrons. The van der Waals surface area contributed by atoms with E-state index in [9.17, 15) is 9.59 Å². The number of nitrogens with one attached hydrogen (secondary N) is 1. The van der Waals surface area contributed by atoms with Gasteiger partial charge in [-0.25, -0.2) is 14.8 Å². The van der Waals surface area contributed by atoms with Gasteiger partial charge in [-0.05, 0) is 12.1 Å². The minimum absolute atomic E-state index is 0.146. The van der Waals surface area contributed by atoms with Crippen LogP contribution < -0.4 is 5.32 Å². The predicted octanol–water partition coefficient (Wildman–Crippen LogP) is 1.21. The van der Waals surface area contributed by atoms with Crippen LogP contribution in [0.25, 0.3) is 0 Å². The fraction of sp³-hybridized carbons (Fsp3) is 0.167. The second kappa shape index (κ2) is 6.05. The van der Waals surface area contributed by atoms with Gasteiger partial charge < -0.3 is 10.4 Å². The van der Waals surface area contributed by atoms with E-state index in [-0.39, 0.29) is 17.2 Å². The number of aromatic nitrogens is 2. The van der Waals surface area contributed by atoms with Crippen LogP contribution in [-0.4, -0.2) is 33.5 Å². The molecule has 2 aromatic heterocycles. The van der Waals surface area contributed by atoms with Gasteiger partial charge in [-0.15, -0.1) is 11.3 Å². The summed E-state index contributed by atoms with van der Waals surface area (Å²) >= 11 is 1.50. The van der Waals surface area contributed by atoms with Crippen LogP contribution in [-0.2, 0) is 6.42 Å². The van der Waals surface area contributed by atoms with Crippen LogP contribution >= 0.6 is 11.3 Å². The molecule has 0 bridgehead atoms. The van der Waals surface area contributed by atoms with Gasteiger partial charge in [-0.2, -0.15) is 0 Å². The van der Waals surface area contributed by atoms with Crippen molar-refractivity contribution in [3.63, 3.8) is 0 Å². The van der Waals surface area contributed by atoms with Gasteiger partial charge in [-0.1, -0.05) is 0 Å². The summed E-state index contributed by atoms with van der Waals surface area (Å²) in [6.07, 6.45) is 1.95. The topological polar surface area (TPSA) is 92.2 Å². The summed E-state index contributed by atoms with van der Waals surface area (Å²) in [5, 5.41) is 13.4. The van der Waals surface area contributed by atoms with Crippen LogP contribution in [0.1, 0.15) is 26.5 Å². The van der Waals surface area contributed by atoms with Crippen molar-refractivity contribution in [3.8, 4) is 0 Å². The third-order valence-electron chi connectivity index (χ3n) is 2.39. The highest BCUT2D eigenvalue weighted by molar-refractivity contribution is 7.07. The highest BCUT2D eigenvalue weighted by Gasteiger charge is 2.10. The van der Waals surface area contributed by atoms with Gasteiger partial charge in [0, 0.05) is 30.1 Å². The van der Waals surface area contributed by atoms with Crippen LogP contribution in [0.5, 0.6) is 0 Å². The summed E-state index contributed by atoms with van der Waals surface area (Å²) in [7, 11) is 0. The zero-order valence-electron chi connectivity index (χ0n) is 9.87. The summed E-state index contributed by atoms with van der Waals surface area (Å²) in [6, 6.07) is 2.73. The van der Waals surface area contributed by atoms with Crippen molar-refractivity contribution in [3.05, 3.63) is 46.2 Å². The summed E-state index contributed by atoms with van der Waals surface area (Å²) in [5.41, 5.74) is 2.79. The molecule has 0 fully saturated rings. The van der Waals surface area contributed by atoms with Crippen LogP contribution in [0.15, 0.2) is 29.2 Å². The average molecular weight is 277 g/mol. The van der Waals surface area contributed by atoms with Gasteiger partial charge in [0.1, 0.15) is 5.69 Å². The SMILES string of the molecule is O=C(NCCc1cscn1)c1ccnc(C(=O)O)c1. The van der Waals surface area contributed by atoms with Crippen molar-refractivity contribution in [1.29, 1.82) is 0 Å². The molecular formula is C12H11N3O3S. The maximum Gasteiger partial charge on any atom is 0.354 e. The molecule has 0 saturated heterocycles. The van der Waals surface area contributed by atoms with Crippen molar-refractivity contribution < 1.29 is 14.7 Å². The molecule has 1 amide bonds. The van der Waals surface area contributed by atoms with Crippen LogP contribution in [0, 0.1) is 0 Å². The van der Waals surface area contributed by atoms with Crippen molar-refractivity contribution in [1.82, 2.24) is 15.3 Å². The van der Waals surface area contributed by atoms with E-state index < -0.39 is 5.97 Å². The number of carbonyl (C=O) groups is 2. The lowest BCUT2D eigenvalue weighted by Crippen LogP contribution is -2.26. The second-order valence-electron chi connectivity index (χ2n) is 3.72. The van der Waals surface area contributed by atoms with Crippen LogP contribution in [0.3, 0.4) is 0 Å². The molecule has 2 N–H and O–H groups in total. The molecule has 2 rings (SSSR count). The first kappa shape index (κ1) is 13.2.